The van der Waals surface area contributed by atoms with E-state index in [0.29, 0.717) is 55.7 Å². The molecule has 0 radical (unpaired) electrons. The summed E-state index contributed by atoms with van der Waals surface area (Å²) in [6, 6.07) is 9.61. The molecule has 1 aliphatic heterocycles. The van der Waals surface area contributed by atoms with Crippen molar-refractivity contribution in [3.8, 4) is 23.0 Å². The lowest BCUT2D eigenvalue weighted by molar-refractivity contribution is -0.142. The highest BCUT2D eigenvalue weighted by molar-refractivity contribution is 7.98. The number of carbonyl (C=O) groups excluding carboxylic acids is 1. The van der Waals surface area contributed by atoms with Gasteiger partial charge in [-0.2, -0.15) is 32.1 Å². The molecule has 4 heterocycles. The lowest BCUT2D eigenvalue weighted by Crippen LogP contribution is -2.24. The van der Waals surface area contributed by atoms with Crippen LogP contribution in [-0.2, 0) is 52.2 Å². The molecule has 5 aromatic rings. The van der Waals surface area contributed by atoms with Gasteiger partial charge in [0.25, 0.3) is 5.92 Å². The number of aryl methyl sites for hydroxylation is 1. The maximum absolute atomic E-state index is 15.5. The molecular weight excluding hydrogens is 809 g/mol. The van der Waals surface area contributed by atoms with E-state index >= 15 is 8.78 Å². The summed E-state index contributed by atoms with van der Waals surface area (Å²) in [7, 11) is -0.902. The van der Waals surface area contributed by atoms with Gasteiger partial charge in [0.2, 0.25) is 0 Å². The van der Waals surface area contributed by atoms with Crippen molar-refractivity contribution in [2.24, 2.45) is 18.9 Å². The minimum absolute atomic E-state index is 0.0131. The van der Waals surface area contributed by atoms with Crippen LogP contribution >= 0.6 is 11.6 Å². The van der Waals surface area contributed by atoms with Gasteiger partial charge in [0.15, 0.2) is 11.5 Å². The van der Waals surface area contributed by atoms with Gasteiger partial charge in [-0.3, -0.25) is 18.4 Å². The number of carbonyl (C=O) groups is 1. The number of alkyl halides is 5. The van der Waals surface area contributed by atoms with Crippen molar-refractivity contribution in [3.05, 3.63) is 98.7 Å². The monoisotopic (exact) mass is 844 g/mol. The van der Waals surface area contributed by atoms with Crippen molar-refractivity contribution in [2.75, 3.05) is 19.3 Å². The molecule has 304 valence electrons. The Morgan fingerprint density at radius 3 is 2.52 bits per heavy atom. The second-order valence-electron chi connectivity index (χ2n) is 15.6. The Kier molecular flexibility index (Phi) is 10.0. The minimum atomic E-state index is -5.03. The van der Waals surface area contributed by atoms with Gasteiger partial charge in [-0.25, -0.2) is 13.8 Å². The summed E-state index contributed by atoms with van der Waals surface area (Å²) in [6.45, 7) is 0.558. The van der Waals surface area contributed by atoms with Gasteiger partial charge in [0, 0.05) is 72.2 Å². The summed E-state index contributed by atoms with van der Waals surface area (Å²) >= 11 is 6.73. The second kappa shape index (κ2) is 14.5. The molecule has 0 bridgehead atoms. The van der Waals surface area contributed by atoms with Gasteiger partial charge in [-0.05, 0) is 88.9 Å². The Labute approximate surface area is 334 Å². The van der Waals surface area contributed by atoms with Gasteiger partial charge < -0.3 is 5.32 Å². The van der Waals surface area contributed by atoms with Crippen LogP contribution in [0.1, 0.15) is 70.7 Å². The van der Waals surface area contributed by atoms with E-state index in [1.165, 1.54) is 6.26 Å². The van der Waals surface area contributed by atoms with Crippen LogP contribution in [0.25, 0.3) is 22.0 Å². The van der Waals surface area contributed by atoms with Crippen LogP contribution in [0.15, 0.2) is 42.5 Å². The number of nitrogens with zero attached hydrogens (tertiary/aromatic N) is 5. The van der Waals surface area contributed by atoms with Crippen LogP contribution in [0.4, 0.5) is 30.7 Å². The summed E-state index contributed by atoms with van der Waals surface area (Å²) in [5.41, 5.74) is -0.322. The molecule has 58 heavy (non-hydrogen) atoms. The van der Waals surface area contributed by atoms with E-state index in [-0.39, 0.29) is 35.8 Å². The number of pyridine rings is 1. The third kappa shape index (κ3) is 7.64. The molecule has 1 saturated carbocycles. The average Bonchev–Trinajstić information content (AvgIpc) is 3.35. The number of Topliss-reactive ketones (excluding diaryl/α,β-unsaturated/α-hetero) is 1. The number of rotatable bonds is 10. The van der Waals surface area contributed by atoms with Crippen LogP contribution in [0.3, 0.4) is 0 Å². The highest BCUT2D eigenvalue weighted by Gasteiger charge is 2.68. The number of fused-ring (bicyclic) bond motifs is 4. The first-order valence-electron chi connectivity index (χ1n) is 18.5. The van der Waals surface area contributed by atoms with Gasteiger partial charge in [0.1, 0.15) is 29.6 Å². The zero-order valence-electron chi connectivity index (χ0n) is 31.2. The fraction of sp³-hybridized carbons (Fsp3) is 0.390. The Morgan fingerprint density at radius 1 is 1.12 bits per heavy atom. The van der Waals surface area contributed by atoms with Crippen molar-refractivity contribution >= 4 is 43.7 Å². The third-order valence-electron chi connectivity index (χ3n) is 10.9. The SMILES string of the molecule is C=S(C)(=O)Cc1nn(C)c2c(-c3ccc(C#CC4CCNC4)nc3[C@@H](CC(=O)Cn3nc(C(F)(F)F)c4c3C(F)(F)[C@@H]3C[C@H]43)Cc3cc(F)cc(F)c3)ccc(Cl)c12. The molecule has 0 amide bonds. The number of hydrogen-bond acceptors (Lipinski definition) is 6. The quantitative estimate of drug-likeness (QED) is 0.0878. The maximum Gasteiger partial charge on any atom is 0.435 e. The van der Waals surface area contributed by atoms with Crippen molar-refractivity contribution in [1.29, 1.82) is 0 Å². The lowest BCUT2D eigenvalue weighted by Gasteiger charge is -2.21. The van der Waals surface area contributed by atoms with Crippen molar-refractivity contribution < 1.29 is 39.7 Å². The molecule has 3 aromatic heterocycles. The number of aromatic nitrogens is 5. The average molecular weight is 845 g/mol. The fourth-order valence-electron chi connectivity index (χ4n) is 8.48. The summed E-state index contributed by atoms with van der Waals surface area (Å²) in [5, 5.41) is 12.2. The first-order chi connectivity index (χ1) is 27.3. The normalized spacial score (nSPS) is 21.0. The van der Waals surface area contributed by atoms with E-state index in [2.05, 4.69) is 33.2 Å². The highest BCUT2D eigenvalue weighted by atomic mass is 35.5. The third-order valence-corrected chi connectivity index (χ3v) is 12.1. The molecule has 2 aliphatic carbocycles. The van der Waals surface area contributed by atoms with Crippen LogP contribution in [0.5, 0.6) is 0 Å². The van der Waals surface area contributed by atoms with E-state index in [1.807, 2.05) is 0 Å². The number of ketones is 1. The van der Waals surface area contributed by atoms with Crippen LogP contribution in [-0.4, -0.2) is 59.8 Å². The van der Waals surface area contributed by atoms with Crippen molar-refractivity contribution in [2.45, 2.75) is 61.9 Å². The molecule has 3 aliphatic rings. The summed E-state index contributed by atoms with van der Waals surface area (Å²) in [5.74, 6) is 0.649. The van der Waals surface area contributed by atoms with Gasteiger partial charge >= 0.3 is 6.18 Å². The standard InChI is InChI=1S/C41H36ClF7N6O2S/c1-54-37-29(8-9-32(42)35(37)33(52-54)20-58(2,3)57)28-7-6-26(5-4-21-10-11-50-18-21)51-36(28)23(12-22-13-24(43)16-25(44)14-22)15-27(56)19-55-39-34(38(53-55)41(47,48)49)30-17-31(30)40(39,45)46/h6-9,13-14,16,21,23,30-31,50H,2,10-12,15,17-20H2,1,3H3/t21?,23-,30+,31-,58?/m1/s1. The Morgan fingerprint density at radius 2 is 1.84 bits per heavy atom. The predicted octanol–water partition coefficient (Wildman–Crippen LogP) is 7.78. The molecular formula is C41H36ClF7N6O2S. The molecule has 17 heteroatoms. The number of halogens is 8. The van der Waals surface area contributed by atoms with E-state index in [0.717, 1.165) is 25.1 Å². The second-order valence-corrected chi connectivity index (χ2v) is 18.6. The highest BCUT2D eigenvalue weighted by Crippen LogP contribution is 2.68. The zero-order chi connectivity index (χ0) is 41.5. The van der Waals surface area contributed by atoms with Crippen molar-refractivity contribution in [3.63, 3.8) is 0 Å². The minimum Gasteiger partial charge on any atom is -0.315 e. The first kappa shape index (κ1) is 40.1. The van der Waals surface area contributed by atoms with E-state index in [9.17, 15) is 31.0 Å². The lowest BCUT2D eigenvalue weighted by atomic mass is 9.86. The van der Waals surface area contributed by atoms with E-state index in [4.69, 9.17) is 16.6 Å². The molecule has 1 N–H and O–H groups in total. The Balaban J connectivity index is 1.27. The summed E-state index contributed by atoms with van der Waals surface area (Å²) < 4.78 is 117. The van der Waals surface area contributed by atoms with Gasteiger partial charge in [0.05, 0.1) is 27.7 Å². The molecule has 1 saturated heterocycles. The Hall–Kier alpha value is -4.72. The topological polar surface area (TPSA) is 94.7 Å². The summed E-state index contributed by atoms with van der Waals surface area (Å²) in [6.07, 6.45) is -3.51. The molecule has 5 atom stereocenters. The van der Waals surface area contributed by atoms with E-state index in [1.54, 1.807) is 36.0 Å². The zero-order valence-corrected chi connectivity index (χ0v) is 32.8. The van der Waals surface area contributed by atoms with Crippen LogP contribution in [0.2, 0.25) is 5.02 Å². The molecule has 8 rings (SSSR count). The van der Waals surface area contributed by atoms with E-state index < -0.39 is 86.7 Å². The number of benzene rings is 2. The molecule has 8 nitrogen and oxygen atoms in total. The smallest absolute Gasteiger partial charge is 0.315 e. The Bertz CT molecular complexity index is 2650. The van der Waals surface area contributed by atoms with Crippen LogP contribution < -0.4 is 5.32 Å². The first-order valence-corrected chi connectivity index (χ1v) is 21.2. The van der Waals surface area contributed by atoms with Gasteiger partial charge in [-0.15, -0.1) is 0 Å². The molecule has 2 unspecified atom stereocenters. The predicted molar refractivity (Wildman–Crippen MR) is 206 cm³/mol. The van der Waals surface area contributed by atoms with Crippen molar-refractivity contribution in [1.82, 2.24) is 29.9 Å². The maximum atomic E-state index is 15.5. The van der Waals surface area contributed by atoms with Gasteiger partial charge in [-0.1, -0.05) is 23.6 Å². The van der Waals surface area contributed by atoms with Crippen LogP contribution in [0, 0.1) is 35.3 Å². The largest absolute Gasteiger partial charge is 0.435 e. The molecule has 0 spiro atoms. The number of hydrogen-bond donors (Lipinski definition) is 1. The fourth-order valence-corrected chi connectivity index (χ4v) is 9.52. The molecule has 2 aromatic carbocycles. The molecule has 2 fully saturated rings. The summed E-state index contributed by atoms with van der Waals surface area (Å²) in [4.78, 5) is 19.0. The number of nitrogens with one attached hydrogen (secondary N) is 1.